The number of carbonyl (C=O) groups excluding carboxylic acids is 1. The Morgan fingerprint density at radius 1 is 1.05 bits per heavy atom. The number of rotatable bonds is 7. The SMILES string of the molecule is CCC(C(=O)NCc1ccc(COC)cc1)c1ccccc1. The normalized spacial score (nSPS) is 11.9. The Hall–Kier alpha value is -2.13. The highest BCUT2D eigenvalue weighted by Gasteiger charge is 2.17. The van der Waals surface area contributed by atoms with Crippen LogP contribution in [0.2, 0.25) is 0 Å². The average Bonchev–Trinajstić information content (AvgIpc) is 2.56. The first-order valence-corrected chi connectivity index (χ1v) is 7.64. The van der Waals surface area contributed by atoms with Gasteiger partial charge >= 0.3 is 0 Å². The number of benzene rings is 2. The van der Waals surface area contributed by atoms with Crippen molar-refractivity contribution in [1.82, 2.24) is 5.32 Å². The van der Waals surface area contributed by atoms with Crippen molar-refractivity contribution >= 4 is 5.91 Å². The lowest BCUT2D eigenvalue weighted by molar-refractivity contribution is -0.122. The summed E-state index contributed by atoms with van der Waals surface area (Å²) in [7, 11) is 1.68. The van der Waals surface area contributed by atoms with Crippen molar-refractivity contribution in [2.75, 3.05) is 7.11 Å². The molecule has 2 aromatic carbocycles. The van der Waals surface area contributed by atoms with Gasteiger partial charge in [-0.05, 0) is 23.1 Å². The molecule has 2 aromatic rings. The molecule has 3 nitrogen and oxygen atoms in total. The molecule has 0 radical (unpaired) electrons. The molecule has 1 N–H and O–H groups in total. The fraction of sp³-hybridized carbons (Fsp3) is 0.316. The molecule has 3 heteroatoms. The van der Waals surface area contributed by atoms with Crippen LogP contribution in [0.15, 0.2) is 54.6 Å². The minimum Gasteiger partial charge on any atom is -0.380 e. The van der Waals surface area contributed by atoms with Crippen LogP contribution in [0.5, 0.6) is 0 Å². The predicted molar refractivity (Wildman–Crippen MR) is 88.5 cm³/mol. The molecule has 0 aliphatic heterocycles. The van der Waals surface area contributed by atoms with Crippen LogP contribution in [0.1, 0.15) is 36.0 Å². The summed E-state index contributed by atoms with van der Waals surface area (Å²) < 4.78 is 5.09. The van der Waals surface area contributed by atoms with Crippen molar-refractivity contribution in [3.63, 3.8) is 0 Å². The Bertz CT molecular complexity index is 578. The molecule has 0 saturated heterocycles. The van der Waals surface area contributed by atoms with E-state index in [4.69, 9.17) is 4.74 Å². The second-order valence-corrected chi connectivity index (χ2v) is 5.34. The Labute approximate surface area is 132 Å². The molecule has 0 aliphatic carbocycles. The molecule has 116 valence electrons. The predicted octanol–water partition coefficient (Wildman–Crippen LogP) is 3.64. The number of nitrogens with one attached hydrogen (secondary N) is 1. The maximum atomic E-state index is 12.4. The van der Waals surface area contributed by atoms with Gasteiger partial charge in [0.2, 0.25) is 5.91 Å². The zero-order chi connectivity index (χ0) is 15.8. The van der Waals surface area contributed by atoms with E-state index in [0.29, 0.717) is 13.2 Å². The zero-order valence-electron chi connectivity index (χ0n) is 13.2. The first-order chi connectivity index (χ1) is 10.7. The lowest BCUT2D eigenvalue weighted by Crippen LogP contribution is -2.28. The maximum absolute atomic E-state index is 12.4. The van der Waals surface area contributed by atoms with Crippen LogP contribution < -0.4 is 5.32 Å². The van der Waals surface area contributed by atoms with E-state index in [2.05, 4.69) is 5.32 Å². The van der Waals surface area contributed by atoms with Crippen LogP contribution in [0, 0.1) is 0 Å². The van der Waals surface area contributed by atoms with Gasteiger partial charge in [0.1, 0.15) is 0 Å². The van der Waals surface area contributed by atoms with E-state index < -0.39 is 0 Å². The Morgan fingerprint density at radius 2 is 1.68 bits per heavy atom. The number of ether oxygens (including phenoxy) is 1. The summed E-state index contributed by atoms with van der Waals surface area (Å²) in [6.07, 6.45) is 0.794. The van der Waals surface area contributed by atoms with Gasteiger partial charge in [-0.15, -0.1) is 0 Å². The number of methoxy groups -OCH3 is 1. The molecule has 0 bridgehead atoms. The summed E-state index contributed by atoms with van der Waals surface area (Å²) in [6, 6.07) is 18.0. The quantitative estimate of drug-likeness (QED) is 0.847. The third-order valence-electron chi connectivity index (χ3n) is 3.73. The van der Waals surface area contributed by atoms with E-state index in [1.54, 1.807) is 7.11 Å². The molecule has 2 rings (SSSR count). The molecule has 0 heterocycles. The lowest BCUT2D eigenvalue weighted by Gasteiger charge is -2.15. The third-order valence-corrected chi connectivity index (χ3v) is 3.73. The molecule has 0 fully saturated rings. The van der Waals surface area contributed by atoms with Gasteiger partial charge in [-0.25, -0.2) is 0 Å². The Balaban J connectivity index is 1.93. The van der Waals surface area contributed by atoms with Gasteiger partial charge in [-0.2, -0.15) is 0 Å². The average molecular weight is 297 g/mol. The Morgan fingerprint density at radius 3 is 2.27 bits per heavy atom. The molecule has 1 atom stereocenters. The highest BCUT2D eigenvalue weighted by atomic mass is 16.5. The summed E-state index contributed by atoms with van der Waals surface area (Å²) in [5, 5.41) is 3.03. The topological polar surface area (TPSA) is 38.3 Å². The minimum absolute atomic E-state index is 0.0784. The number of hydrogen-bond donors (Lipinski definition) is 1. The van der Waals surface area contributed by atoms with Crippen molar-refractivity contribution in [3.05, 3.63) is 71.3 Å². The third kappa shape index (κ3) is 4.43. The van der Waals surface area contributed by atoms with Crippen molar-refractivity contribution in [2.45, 2.75) is 32.4 Å². The van der Waals surface area contributed by atoms with Crippen LogP contribution in [0.25, 0.3) is 0 Å². The summed E-state index contributed by atoms with van der Waals surface area (Å²) in [5.41, 5.74) is 3.29. The second kappa shape index (κ2) is 8.35. The van der Waals surface area contributed by atoms with E-state index in [-0.39, 0.29) is 11.8 Å². The first kappa shape index (κ1) is 16.2. The van der Waals surface area contributed by atoms with Gasteiger partial charge in [-0.1, -0.05) is 61.5 Å². The summed E-state index contributed by atoms with van der Waals surface area (Å²) in [5.74, 6) is -0.0105. The van der Waals surface area contributed by atoms with Gasteiger partial charge in [-0.3, -0.25) is 4.79 Å². The van der Waals surface area contributed by atoms with E-state index in [1.165, 1.54) is 0 Å². The largest absolute Gasteiger partial charge is 0.380 e. The van der Waals surface area contributed by atoms with E-state index in [1.807, 2.05) is 61.5 Å². The second-order valence-electron chi connectivity index (χ2n) is 5.34. The van der Waals surface area contributed by atoms with Gasteiger partial charge in [0.25, 0.3) is 0 Å². The minimum atomic E-state index is -0.0889. The van der Waals surface area contributed by atoms with Crippen LogP contribution in [-0.2, 0) is 22.7 Å². The van der Waals surface area contributed by atoms with Crippen molar-refractivity contribution in [3.8, 4) is 0 Å². The highest BCUT2D eigenvalue weighted by molar-refractivity contribution is 5.83. The van der Waals surface area contributed by atoms with Gasteiger partial charge < -0.3 is 10.1 Å². The van der Waals surface area contributed by atoms with E-state index in [0.717, 1.165) is 23.1 Å². The molecule has 0 aromatic heterocycles. The molecule has 1 unspecified atom stereocenters. The van der Waals surface area contributed by atoms with Crippen molar-refractivity contribution in [1.29, 1.82) is 0 Å². The fourth-order valence-electron chi connectivity index (χ4n) is 2.49. The van der Waals surface area contributed by atoms with Crippen molar-refractivity contribution in [2.24, 2.45) is 0 Å². The summed E-state index contributed by atoms with van der Waals surface area (Å²) in [4.78, 5) is 12.4. The van der Waals surface area contributed by atoms with Crippen LogP contribution in [0.3, 0.4) is 0 Å². The molecular formula is C19H23NO2. The highest BCUT2D eigenvalue weighted by Crippen LogP contribution is 2.19. The number of amides is 1. The standard InChI is InChI=1S/C19H23NO2/c1-3-18(17-7-5-4-6-8-17)19(21)20-13-15-9-11-16(12-10-15)14-22-2/h4-12,18H,3,13-14H2,1-2H3,(H,20,21). The Kier molecular flexibility index (Phi) is 6.16. The van der Waals surface area contributed by atoms with Gasteiger partial charge in [0.05, 0.1) is 12.5 Å². The monoisotopic (exact) mass is 297 g/mol. The van der Waals surface area contributed by atoms with Crippen molar-refractivity contribution < 1.29 is 9.53 Å². The van der Waals surface area contributed by atoms with E-state index >= 15 is 0 Å². The van der Waals surface area contributed by atoms with Crippen LogP contribution in [0.4, 0.5) is 0 Å². The lowest BCUT2D eigenvalue weighted by atomic mass is 9.95. The molecule has 0 aliphatic rings. The maximum Gasteiger partial charge on any atom is 0.227 e. The molecule has 22 heavy (non-hydrogen) atoms. The number of hydrogen-bond acceptors (Lipinski definition) is 2. The van der Waals surface area contributed by atoms with Crippen LogP contribution >= 0.6 is 0 Å². The van der Waals surface area contributed by atoms with Gasteiger partial charge in [0.15, 0.2) is 0 Å². The summed E-state index contributed by atoms with van der Waals surface area (Å²) >= 11 is 0. The van der Waals surface area contributed by atoms with E-state index in [9.17, 15) is 4.79 Å². The smallest absolute Gasteiger partial charge is 0.227 e. The zero-order valence-corrected chi connectivity index (χ0v) is 13.2. The van der Waals surface area contributed by atoms with Gasteiger partial charge in [0, 0.05) is 13.7 Å². The van der Waals surface area contributed by atoms with Crippen LogP contribution in [-0.4, -0.2) is 13.0 Å². The molecule has 1 amide bonds. The first-order valence-electron chi connectivity index (χ1n) is 7.64. The molecular weight excluding hydrogens is 274 g/mol. The molecule has 0 spiro atoms. The summed E-state index contributed by atoms with van der Waals surface area (Å²) in [6.45, 7) is 3.20. The molecule has 0 saturated carbocycles. The fourth-order valence-corrected chi connectivity index (χ4v) is 2.49. The number of carbonyl (C=O) groups is 1.